The standard InChI is InChI=1S/C23H26N2O4/c26-20-18-8-4-5-9-19(18)21(27)25(20)17-14-24(15-17)22(28)23(10-12-29-13-11-23)16-6-2-1-3-7-16/h1-7,17-19H,8-15H2/t18-,19-/m0/s1. The van der Waals surface area contributed by atoms with Crippen molar-refractivity contribution in [2.75, 3.05) is 26.3 Å². The Balaban J connectivity index is 1.32. The van der Waals surface area contributed by atoms with Crippen molar-refractivity contribution in [3.8, 4) is 0 Å². The molecule has 4 aliphatic rings. The van der Waals surface area contributed by atoms with Crippen LogP contribution >= 0.6 is 0 Å². The molecule has 1 aromatic rings. The maximum atomic E-state index is 13.5. The maximum absolute atomic E-state index is 13.5. The number of carbonyl (C=O) groups excluding carboxylic acids is 3. The van der Waals surface area contributed by atoms with E-state index in [1.165, 1.54) is 4.90 Å². The zero-order valence-electron chi connectivity index (χ0n) is 16.5. The second kappa shape index (κ2) is 7.10. The van der Waals surface area contributed by atoms with Gasteiger partial charge in [0.2, 0.25) is 17.7 Å². The van der Waals surface area contributed by atoms with Crippen LogP contribution < -0.4 is 0 Å². The molecule has 0 bridgehead atoms. The second-order valence-corrected chi connectivity index (χ2v) is 8.63. The average Bonchev–Trinajstić information content (AvgIpc) is 2.99. The van der Waals surface area contributed by atoms with Gasteiger partial charge >= 0.3 is 0 Å². The molecule has 1 aliphatic carbocycles. The summed E-state index contributed by atoms with van der Waals surface area (Å²) >= 11 is 0. The lowest BCUT2D eigenvalue weighted by atomic mass is 9.72. The summed E-state index contributed by atoms with van der Waals surface area (Å²) in [6.07, 6.45) is 6.63. The number of carbonyl (C=O) groups is 3. The summed E-state index contributed by atoms with van der Waals surface area (Å²) < 4.78 is 5.54. The molecule has 29 heavy (non-hydrogen) atoms. The highest BCUT2D eigenvalue weighted by Gasteiger charge is 2.54. The second-order valence-electron chi connectivity index (χ2n) is 8.63. The highest BCUT2D eigenvalue weighted by Crippen LogP contribution is 2.40. The first-order valence-electron chi connectivity index (χ1n) is 10.6. The van der Waals surface area contributed by atoms with Crippen molar-refractivity contribution in [1.29, 1.82) is 0 Å². The number of hydrogen-bond acceptors (Lipinski definition) is 4. The molecule has 0 radical (unpaired) electrons. The molecule has 5 rings (SSSR count). The Bertz CT molecular complexity index is 827. The zero-order valence-corrected chi connectivity index (χ0v) is 16.5. The van der Waals surface area contributed by atoms with E-state index in [-0.39, 0.29) is 35.6 Å². The van der Waals surface area contributed by atoms with E-state index in [1.54, 1.807) is 0 Å². The summed E-state index contributed by atoms with van der Waals surface area (Å²) in [6.45, 7) is 2.02. The minimum Gasteiger partial charge on any atom is -0.381 e. The smallest absolute Gasteiger partial charge is 0.233 e. The first-order valence-corrected chi connectivity index (χ1v) is 10.6. The van der Waals surface area contributed by atoms with E-state index >= 15 is 0 Å². The number of likely N-dealkylation sites (tertiary alicyclic amines) is 2. The summed E-state index contributed by atoms with van der Waals surface area (Å²) in [7, 11) is 0. The molecule has 0 aromatic heterocycles. The highest BCUT2D eigenvalue weighted by molar-refractivity contribution is 6.06. The third kappa shape index (κ3) is 2.84. The van der Waals surface area contributed by atoms with Crippen molar-refractivity contribution in [3.05, 3.63) is 48.0 Å². The molecule has 3 aliphatic heterocycles. The molecule has 6 nitrogen and oxygen atoms in total. The van der Waals surface area contributed by atoms with E-state index in [1.807, 2.05) is 47.4 Å². The lowest BCUT2D eigenvalue weighted by Gasteiger charge is -2.48. The molecule has 0 unspecified atom stereocenters. The van der Waals surface area contributed by atoms with Crippen LogP contribution in [-0.4, -0.2) is 59.9 Å². The maximum Gasteiger partial charge on any atom is 0.233 e. The van der Waals surface area contributed by atoms with E-state index < -0.39 is 5.41 Å². The van der Waals surface area contributed by atoms with Crippen LogP contribution in [0.2, 0.25) is 0 Å². The van der Waals surface area contributed by atoms with Crippen molar-refractivity contribution in [3.63, 3.8) is 0 Å². The normalized spacial score (nSPS) is 29.0. The van der Waals surface area contributed by atoms with Gasteiger partial charge in [-0.1, -0.05) is 42.5 Å². The lowest BCUT2D eigenvalue weighted by Crippen LogP contribution is -2.66. The molecule has 2 atom stereocenters. The SMILES string of the molecule is O=C1[C@H]2CC=CC[C@@H]2C(=O)N1C1CN(C(=O)C2(c3ccccc3)CCOCC2)C1. The van der Waals surface area contributed by atoms with Crippen LogP contribution in [0.3, 0.4) is 0 Å². The van der Waals surface area contributed by atoms with Gasteiger partial charge in [-0.2, -0.15) is 0 Å². The molecule has 3 fully saturated rings. The number of hydrogen-bond donors (Lipinski definition) is 0. The molecular weight excluding hydrogens is 368 g/mol. The number of benzene rings is 1. The van der Waals surface area contributed by atoms with Crippen LogP contribution in [0.15, 0.2) is 42.5 Å². The third-order valence-corrected chi connectivity index (χ3v) is 7.14. The lowest BCUT2D eigenvalue weighted by molar-refractivity contribution is -0.157. The third-order valence-electron chi connectivity index (χ3n) is 7.14. The Labute approximate surface area is 170 Å². The van der Waals surface area contributed by atoms with E-state index in [0.717, 1.165) is 5.56 Å². The molecule has 6 heteroatoms. The highest BCUT2D eigenvalue weighted by atomic mass is 16.5. The van der Waals surface area contributed by atoms with Gasteiger partial charge in [0.05, 0.1) is 23.3 Å². The van der Waals surface area contributed by atoms with Gasteiger partial charge in [0.15, 0.2) is 0 Å². The van der Waals surface area contributed by atoms with Crippen LogP contribution in [0.4, 0.5) is 0 Å². The molecule has 3 heterocycles. The van der Waals surface area contributed by atoms with Gasteiger partial charge in [-0.3, -0.25) is 19.3 Å². The Morgan fingerprint density at radius 2 is 1.52 bits per heavy atom. The van der Waals surface area contributed by atoms with Gasteiger partial charge in [-0.25, -0.2) is 0 Å². The molecule has 0 saturated carbocycles. The number of allylic oxidation sites excluding steroid dienone is 2. The Morgan fingerprint density at radius 1 is 0.931 bits per heavy atom. The summed E-state index contributed by atoms with van der Waals surface area (Å²) in [4.78, 5) is 42.4. The minimum absolute atomic E-state index is 0.0507. The van der Waals surface area contributed by atoms with Gasteiger partial charge in [-0.05, 0) is 31.2 Å². The van der Waals surface area contributed by atoms with Crippen LogP contribution in [0, 0.1) is 11.8 Å². The fourth-order valence-electron chi connectivity index (χ4n) is 5.38. The van der Waals surface area contributed by atoms with Crippen LogP contribution in [0.1, 0.15) is 31.2 Å². The monoisotopic (exact) mass is 394 g/mol. The largest absolute Gasteiger partial charge is 0.381 e. The van der Waals surface area contributed by atoms with Crippen molar-refractivity contribution >= 4 is 17.7 Å². The van der Waals surface area contributed by atoms with Crippen LogP contribution in [0.5, 0.6) is 0 Å². The molecule has 1 aromatic carbocycles. The number of amides is 3. The number of imide groups is 1. The minimum atomic E-state index is -0.568. The fraction of sp³-hybridized carbons (Fsp3) is 0.522. The average molecular weight is 394 g/mol. The van der Waals surface area contributed by atoms with Gasteiger partial charge in [0.1, 0.15) is 0 Å². The Morgan fingerprint density at radius 3 is 2.10 bits per heavy atom. The molecule has 0 N–H and O–H groups in total. The van der Waals surface area contributed by atoms with Gasteiger partial charge in [-0.15, -0.1) is 0 Å². The van der Waals surface area contributed by atoms with Gasteiger partial charge < -0.3 is 9.64 Å². The van der Waals surface area contributed by atoms with Crippen LogP contribution in [-0.2, 0) is 24.5 Å². The number of fused-ring (bicyclic) bond motifs is 1. The number of ether oxygens (including phenoxy) is 1. The Kier molecular flexibility index (Phi) is 4.54. The Hall–Kier alpha value is -2.47. The van der Waals surface area contributed by atoms with E-state index in [2.05, 4.69) is 0 Å². The predicted molar refractivity (Wildman–Crippen MR) is 106 cm³/mol. The topological polar surface area (TPSA) is 66.9 Å². The van der Waals surface area contributed by atoms with Gasteiger partial charge in [0, 0.05) is 26.3 Å². The van der Waals surface area contributed by atoms with E-state index in [4.69, 9.17) is 4.74 Å². The first-order chi connectivity index (χ1) is 14.1. The summed E-state index contributed by atoms with van der Waals surface area (Å²) in [5.74, 6) is -0.413. The summed E-state index contributed by atoms with van der Waals surface area (Å²) in [5, 5.41) is 0. The quantitative estimate of drug-likeness (QED) is 0.580. The molecule has 0 spiro atoms. The fourth-order valence-corrected chi connectivity index (χ4v) is 5.38. The molecule has 3 saturated heterocycles. The zero-order chi connectivity index (χ0) is 20.0. The van der Waals surface area contributed by atoms with Gasteiger partial charge in [0.25, 0.3) is 0 Å². The first kappa shape index (κ1) is 18.6. The van der Waals surface area contributed by atoms with Crippen LogP contribution in [0.25, 0.3) is 0 Å². The van der Waals surface area contributed by atoms with E-state index in [0.29, 0.717) is 52.0 Å². The van der Waals surface area contributed by atoms with Crippen molar-refractivity contribution in [1.82, 2.24) is 9.80 Å². The summed E-state index contributed by atoms with van der Waals surface area (Å²) in [6, 6.07) is 9.75. The number of nitrogens with zero attached hydrogens (tertiary/aromatic N) is 2. The summed E-state index contributed by atoms with van der Waals surface area (Å²) in [5.41, 5.74) is 0.462. The molecule has 3 amide bonds. The van der Waals surface area contributed by atoms with E-state index in [9.17, 15) is 14.4 Å². The van der Waals surface area contributed by atoms with Crippen molar-refractivity contribution in [2.24, 2.45) is 11.8 Å². The molecule has 152 valence electrons. The predicted octanol–water partition coefficient (Wildman–Crippen LogP) is 1.90. The van der Waals surface area contributed by atoms with Crippen molar-refractivity contribution in [2.45, 2.75) is 37.1 Å². The van der Waals surface area contributed by atoms with Crippen molar-refractivity contribution < 1.29 is 19.1 Å². The molecular formula is C23H26N2O4. The number of rotatable bonds is 3.